The first-order valence-electron chi connectivity index (χ1n) is 18.9. The molecule has 1 unspecified atom stereocenters. The molecule has 0 saturated carbocycles. The zero-order valence-electron chi connectivity index (χ0n) is 29.7. The molecule has 0 fully saturated rings. The highest BCUT2D eigenvalue weighted by molar-refractivity contribution is 6.16. The van der Waals surface area contributed by atoms with E-state index in [2.05, 4.69) is 205 Å². The molecule has 1 atom stereocenters. The van der Waals surface area contributed by atoms with E-state index in [0.29, 0.717) is 0 Å². The predicted octanol–water partition coefficient (Wildman–Crippen LogP) is 12.4. The van der Waals surface area contributed by atoms with Crippen LogP contribution >= 0.6 is 0 Å². The first-order chi connectivity index (χ1) is 26.8. The van der Waals surface area contributed by atoms with E-state index in [1.165, 1.54) is 77.4 Å². The maximum atomic E-state index is 5.79. The second kappa shape index (κ2) is 12.1. The molecule has 254 valence electrons. The lowest BCUT2D eigenvalue weighted by molar-refractivity contribution is 0.544. The number of rotatable bonds is 5. The molecule has 1 aromatic heterocycles. The molecule has 0 amide bonds. The van der Waals surface area contributed by atoms with E-state index in [0.717, 1.165) is 17.7 Å². The Hall–Kier alpha value is -6.77. The van der Waals surface area contributed by atoms with Gasteiger partial charge in [0.15, 0.2) is 0 Å². The third-order valence-corrected chi connectivity index (χ3v) is 11.8. The van der Waals surface area contributed by atoms with Gasteiger partial charge in [0.1, 0.15) is 6.17 Å². The maximum absolute atomic E-state index is 5.79. The summed E-state index contributed by atoms with van der Waals surface area (Å²) in [6.07, 6.45) is 0.640. The number of benzene rings is 8. The first kappa shape index (κ1) is 30.8. The molecule has 0 saturated heterocycles. The molecule has 11 rings (SSSR count). The van der Waals surface area contributed by atoms with Gasteiger partial charge >= 0.3 is 0 Å². The molecule has 8 aromatic carbocycles. The van der Waals surface area contributed by atoms with Crippen LogP contribution in [-0.4, -0.2) is 10.3 Å². The standard InChI is InChI=1S/C52H36N2/c1-4-16-35(17-5-1)36-28-30-37(31-29-36)50-41-23-11-10-18-38(41)34-48(53-50)54-47-27-15-13-25-43(47)45-33-32-44-42-24-12-14-26-46(42)52(49(44)51(45)54,39-19-6-2-7-20-39)40-21-8-3-9-22-40/h1-33,48H,34H2. The Kier molecular flexibility index (Phi) is 6.93. The van der Waals surface area contributed by atoms with Crippen LogP contribution in [0.1, 0.15) is 45.1 Å². The summed E-state index contributed by atoms with van der Waals surface area (Å²) >= 11 is 0. The predicted molar refractivity (Wildman–Crippen MR) is 223 cm³/mol. The van der Waals surface area contributed by atoms with Crippen LogP contribution in [0.15, 0.2) is 205 Å². The number of hydrogen-bond acceptors (Lipinski definition) is 1. The Labute approximate surface area is 315 Å². The number of fused-ring (bicyclic) bond motifs is 8. The van der Waals surface area contributed by atoms with Crippen LogP contribution in [-0.2, 0) is 11.8 Å². The van der Waals surface area contributed by atoms with Crippen molar-refractivity contribution in [3.05, 3.63) is 239 Å². The molecule has 2 heterocycles. The molecule has 9 aromatic rings. The highest BCUT2D eigenvalue weighted by Crippen LogP contribution is 2.59. The number of hydrogen-bond donors (Lipinski definition) is 0. The maximum Gasteiger partial charge on any atom is 0.130 e. The zero-order chi connectivity index (χ0) is 35.6. The lowest BCUT2D eigenvalue weighted by Gasteiger charge is -2.35. The van der Waals surface area contributed by atoms with Crippen LogP contribution in [0, 0.1) is 0 Å². The van der Waals surface area contributed by atoms with Gasteiger partial charge in [0.25, 0.3) is 0 Å². The number of aliphatic imine (C=N–C) groups is 1. The topological polar surface area (TPSA) is 17.3 Å². The van der Waals surface area contributed by atoms with Gasteiger partial charge < -0.3 is 4.57 Å². The van der Waals surface area contributed by atoms with Crippen LogP contribution in [0.4, 0.5) is 0 Å². The Balaban J connectivity index is 1.22. The summed E-state index contributed by atoms with van der Waals surface area (Å²) in [5.41, 5.74) is 16.8. The summed E-state index contributed by atoms with van der Waals surface area (Å²) in [6, 6.07) is 73.4. The SMILES string of the molecule is c1ccc(-c2ccc(C3=NC(n4c5ccccc5c5ccc6c(c54)C(c4ccccc4)(c4ccccc4)c4ccccc4-6)Cc4ccccc43)cc2)cc1. The molecule has 1 aliphatic heterocycles. The van der Waals surface area contributed by atoms with E-state index in [1.54, 1.807) is 0 Å². The number of nitrogens with zero attached hydrogens (tertiary/aromatic N) is 2. The summed E-state index contributed by atoms with van der Waals surface area (Å²) in [7, 11) is 0. The largest absolute Gasteiger partial charge is 0.317 e. The lowest BCUT2D eigenvalue weighted by atomic mass is 9.67. The van der Waals surface area contributed by atoms with Gasteiger partial charge in [-0.05, 0) is 50.6 Å². The first-order valence-corrected chi connectivity index (χ1v) is 18.9. The zero-order valence-corrected chi connectivity index (χ0v) is 29.7. The van der Waals surface area contributed by atoms with Crippen LogP contribution < -0.4 is 0 Å². The fraction of sp³-hybridized carbons (Fsp3) is 0.0577. The van der Waals surface area contributed by atoms with Crippen molar-refractivity contribution in [2.24, 2.45) is 4.99 Å². The fourth-order valence-corrected chi connectivity index (χ4v) is 9.55. The molecule has 1 aliphatic carbocycles. The highest BCUT2D eigenvalue weighted by atomic mass is 15.1. The third-order valence-electron chi connectivity index (χ3n) is 11.8. The van der Waals surface area contributed by atoms with Gasteiger partial charge in [0, 0.05) is 33.9 Å². The van der Waals surface area contributed by atoms with Crippen molar-refractivity contribution in [3.8, 4) is 22.3 Å². The molecule has 54 heavy (non-hydrogen) atoms. The minimum Gasteiger partial charge on any atom is -0.317 e. The van der Waals surface area contributed by atoms with Gasteiger partial charge in [-0.15, -0.1) is 0 Å². The van der Waals surface area contributed by atoms with E-state index in [9.17, 15) is 0 Å². The van der Waals surface area contributed by atoms with Gasteiger partial charge in [0.2, 0.25) is 0 Å². The molecular weight excluding hydrogens is 653 g/mol. The Bertz CT molecular complexity index is 2840. The van der Waals surface area contributed by atoms with E-state index in [-0.39, 0.29) is 6.17 Å². The van der Waals surface area contributed by atoms with Crippen molar-refractivity contribution in [1.29, 1.82) is 0 Å². The smallest absolute Gasteiger partial charge is 0.130 e. The van der Waals surface area contributed by atoms with E-state index < -0.39 is 5.41 Å². The molecule has 2 nitrogen and oxygen atoms in total. The van der Waals surface area contributed by atoms with Crippen molar-refractivity contribution in [2.45, 2.75) is 18.0 Å². The van der Waals surface area contributed by atoms with Crippen LogP contribution in [0.3, 0.4) is 0 Å². The lowest BCUT2D eigenvalue weighted by Crippen LogP contribution is -2.30. The molecule has 0 N–H and O–H groups in total. The van der Waals surface area contributed by atoms with E-state index in [1.807, 2.05) is 0 Å². The summed E-state index contributed by atoms with van der Waals surface area (Å²) in [4.78, 5) is 5.79. The summed E-state index contributed by atoms with van der Waals surface area (Å²) in [5.74, 6) is 0. The van der Waals surface area contributed by atoms with E-state index >= 15 is 0 Å². The van der Waals surface area contributed by atoms with Gasteiger partial charge in [-0.3, -0.25) is 4.99 Å². The van der Waals surface area contributed by atoms with Crippen molar-refractivity contribution < 1.29 is 0 Å². The fourth-order valence-electron chi connectivity index (χ4n) is 9.55. The van der Waals surface area contributed by atoms with Crippen molar-refractivity contribution in [1.82, 2.24) is 4.57 Å². The van der Waals surface area contributed by atoms with Gasteiger partial charge in [-0.2, -0.15) is 0 Å². The summed E-state index contributed by atoms with van der Waals surface area (Å²) in [5, 5.41) is 2.51. The van der Waals surface area contributed by atoms with Crippen LogP contribution in [0.25, 0.3) is 44.1 Å². The monoisotopic (exact) mass is 688 g/mol. The second-order valence-corrected chi connectivity index (χ2v) is 14.6. The number of aromatic nitrogens is 1. The van der Waals surface area contributed by atoms with E-state index in [4.69, 9.17) is 4.99 Å². The molecule has 2 aliphatic rings. The van der Waals surface area contributed by atoms with Crippen LogP contribution in [0.2, 0.25) is 0 Å². The summed E-state index contributed by atoms with van der Waals surface area (Å²) < 4.78 is 2.59. The van der Waals surface area contributed by atoms with Crippen LogP contribution in [0.5, 0.6) is 0 Å². The third kappa shape index (κ3) is 4.44. The average Bonchev–Trinajstić information content (AvgIpc) is 3.75. The minimum atomic E-state index is -0.535. The molecule has 2 heteroatoms. The molecule has 0 radical (unpaired) electrons. The molecule has 0 spiro atoms. The average molecular weight is 689 g/mol. The van der Waals surface area contributed by atoms with Gasteiger partial charge in [-0.25, -0.2) is 0 Å². The molecule has 0 bridgehead atoms. The minimum absolute atomic E-state index is 0.162. The Morgan fingerprint density at radius 3 is 1.76 bits per heavy atom. The van der Waals surface area contributed by atoms with Crippen molar-refractivity contribution in [3.63, 3.8) is 0 Å². The van der Waals surface area contributed by atoms with Gasteiger partial charge in [-0.1, -0.05) is 194 Å². The Morgan fingerprint density at radius 1 is 0.444 bits per heavy atom. The Morgan fingerprint density at radius 2 is 1.02 bits per heavy atom. The quantitative estimate of drug-likeness (QED) is 0.171. The second-order valence-electron chi connectivity index (χ2n) is 14.6. The summed E-state index contributed by atoms with van der Waals surface area (Å²) in [6.45, 7) is 0. The highest BCUT2D eigenvalue weighted by Gasteiger charge is 2.48. The number of para-hydroxylation sites is 1. The van der Waals surface area contributed by atoms with Crippen molar-refractivity contribution >= 4 is 27.5 Å². The van der Waals surface area contributed by atoms with Crippen molar-refractivity contribution in [2.75, 3.05) is 0 Å². The van der Waals surface area contributed by atoms with Gasteiger partial charge in [0.05, 0.1) is 22.2 Å². The molecular formula is C52H36N2. The normalized spacial score (nSPS) is 15.4.